The van der Waals surface area contributed by atoms with Crippen LogP contribution in [0.3, 0.4) is 0 Å². The number of nitrogens with zero attached hydrogens (tertiary/aromatic N) is 2. The van der Waals surface area contributed by atoms with Crippen molar-refractivity contribution < 1.29 is 28.7 Å². The first-order valence-corrected chi connectivity index (χ1v) is 12.4. The van der Waals surface area contributed by atoms with Crippen LogP contribution >= 0.6 is 0 Å². The topological polar surface area (TPSA) is 101 Å². The van der Waals surface area contributed by atoms with E-state index in [4.69, 9.17) is 4.74 Å². The molecule has 0 unspecified atom stereocenters. The maximum absolute atomic E-state index is 13.6. The highest BCUT2D eigenvalue weighted by Crippen LogP contribution is 2.40. The van der Waals surface area contributed by atoms with Gasteiger partial charge in [0.15, 0.2) is 0 Å². The number of rotatable bonds is 10. The number of ether oxygens (including phenoxy) is 1. The normalized spacial score (nSPS) is 14.8. The summed E-state index contributed by atoms with van der Waals surface area (Å²) in [6.07, 6.45) is 4.31. The fourth-order valence-corrected chi connectivity index (χ4v) is 4.65. The van der Waals surface area contributed by atoms with Crippen molar-refractivity contribution in [3.63, 3.8) is 0 Å². The van der Waals surface area contributed by atoms with E-state index in [1.54, 1.807) is 6.07 Å². The third kappa shape index (κ3) is 4.00. The van der Waals surface area contributed by atoms with Crippen LogP contribution in [-0.4, -0.2) is 59.1 Å². The predicted molar refractivity (Wildman–Crippen MR) is 130 cm³/mol. The first-order chi connectivity index (χ1) is 16.9. The minimum Gasteiger partial charge on any atom is -0.462 e. The van der Waals surface area contributed by atoms with Gasteiger partial charge in [0, 0.05) is 40.6 Å². The van der Waals surface area contributed by atoms with Gasteiger partial charge in [0.05, 0.1) is 17.7 Å². The number of carbonyl (C=O) groups is 5. The second-order valence-electron chi connectivity index (χ2n) is 8.98. The summed E-state index contributed by atoms with van der Waals surface area (Å²) >= 11 is 0. The molecule has 0 atom stereocenters. The van der Waals surface area contributed by atoms with Crippen molar-refractivity contribution in [3.8, 4) is 0 Å². The van der Waals surface area contributed by atoms with Gasteiger partial charge in [-0.05, 0) is 37.5 Å². The zero-order valence-electron chi connectivity index (χ0n) is 20.4. The van der Waals surface area contributed by atoms with Crippen LogP contribution in [0.15, 0.2) is 18.2 Å². The Kier molecular flexibility index (Phi) is 7.00. The molecule has 0 fully saturated rings. The molecule has 4 amide bonds. The Labute approximate surface area is 204 Å². The van der Waals surface area contributed by atoms with Gasteiger partial charge in [0.1, 0.15) is 0 Å². The van der Waals surface area contributed by atoms with Gasteiger partial charge in [-0.15, -0.1) is 0 Å². The Morgan fingerprint density at radius 2 is 1.23 bits per heavy atom. The molecule has 0 aliphatic carbocycles. The molecule has 0 spiro atoms. The van der Waals surface area contributed by atoms with Crippen molar-refractivity contribution in [2.45, 2.75) is 59.3 Å². The van der Waals surface area contributed by atoms with Crippen LogP contribution in [0.4, 0.5) is 0 Å². The smallest absolute Gasteiger partial charge is 0.338 e. The van der Waals surface area contributed by atoms with Crippen molar-refractivity contribution in [1.82, 2.24) is 9.80 Å². The summed E-state index contributed by atoms with van der Waals surface area (Å²) in [5.41, 5.74) is 0.589. The number of unbranched alkanes of at least 4 members (excludes halogenated alkanes) is 3. The molecule has 35 heavy (non-hydrogen) atoms. The molecule has 4 rings (SSSR count). The van der Waals surface area contributed by atoms with Crippen molar-refractivity contribution in [2.24, 2.45) is 0 Å². The molecular formula is C27H30N2O6. The average Bonchev–Trinajstić information content (AvgIpc) is 2.85. The number of amides is 4. The van der Waals surface area contributed by atoms with Crippen molar-refractivity contribution in [1.29, 1.82) is 0 Å². The largest absolute Gasteiger partial charge is 0.462 e. The number of benzene rings is 2. The van der Waals surface area contributed by atoms with E-state index in [2.05, 4.69) is 0 Å². The van der Waals surface area contributed by atoms with E-state index < -0.39 is 29.6 Å². The van der Waals surface area contributed by atoms with Gasteiger partial charge < -0.3 is 4.74 Å². The van der Waals surface area contributed by atoms with E-state index >= 15 is 0 Å². The number of esters is 1. The fourth-order valence-electron chi connectivity index (χ4n) is 4.65. The summed E-state index contributed by atoms with van der Waals surface area (Å²) in [6, 6.07) is 4.44. The molecule has 184 valence electrons. The maximum Gasteiger partial charge on any atom is 0.338 e. The molecule has 0 bridgehead atoms. The molecule has 0 radical (unpaired) electrons. The van der Waals surface area contributed by atoms with Crippen LogP contribution in [0.2, 0.25) is 0 Å². The zero-order chi connectivity index (χ0) is 25.3. The molecule has 2 aliphatic rings. The molecule has 2 aliphatic heterocycles. The highest BCUT2D eigenvalue weighted by Gasteiger charge is 2.42. The fraction of sp³-hybridized carbons (Fsp3) is 0.444. The van der Waals surface area contributed by atoms with Crippen molar-refractivity contribution in [2.75, 3.05) is 19.7 Å². The molecule has 2 aromatic rings. The van der Waals surface area contributed by atoms with E-state index in [1.165, 1.54) is 17.0 Å². The van der Waals surface area contributed by atoms with Gasteiger partial charge >= 0.3 is 5.97 Å². The van der Waals surface area contributed by atoms with Crippen molar-refractivity contribution >= 4 is 40.4 Å². The molecule has 0 saturated heterocycles. The number of hydrogen-bond donors (Lipinski definition) is 0. The summed E-state index contributed by atoms with van der Waals surface area (Å²) < 4.78 is 5.42. The number of hydrogen-bond acceptors (Lipinski definition) is 6. The quantitative estimate of drug-likeness (QED) is 0.281. The van der Waals surface area contributed by atoms with Crippen LogP contribution in [0.1, 0.15) is 111 Å². The molecule has 0 N–H and O–H groups in total. The molecular weight excluding hydrogens is 448 g/mol. The van der Waals surface area contributed by atoms with Gasteiger partial charge in [-0.2, -0.15) is 0 Å². The highest BCUT2D eigenvalue weighted by atomic mass is 16.5. The Hall–Kier alpha value is -3.55. The van der Waals surface area contributed by atoms with Crippen LogP contribution in [0.5, 0.6) is 0 Å². The van der Waals surface area contributed by atoms with Gasteiger partial charge in [-0.1, -0.05) is 40.0 Å². The van der Waals surface area contributed by atoms with Crippen LogP contribution in [0, 0.1) is 0 Å². The lowest BCUT2D eigenvalue weighted by Gasteiger charge is -2.33. The molecule has 2 heterocycles. The summed E-state index contributed by atoms with van der Waals surface area (Å²) in [7, 11) is 0. The molecule has 2 aromatic carbocycles. The third-order valence-electron chi connectivity index (χ3n) is 6.59. The van der Waals surface area contributed by atoms with Crippen molar-refractivity contribution in [3.05, 3.63) is 46.0 Å². The molecule has 8 heteroatoms. The SMILES string of the molecule is CCCCOC(=O)c1cc2c3c(ccc4c3c1C(=O)N(CCCC)C4=O)C(=O)N(CCCC)C2=O. The minimum atomic E-state index is -0.717. The van der Waals surface area contributed by atoms with E-state index in [0.29, 0.717) is 19.3 Å². The van der Waals surface area contributed by atoms with Gasteiger partial charge in [-0.3, -0.25) is 29.0 Å². The van der Waals surface area contributed by atoms with E-state index in [0.717, 1.165) is 24.2 Å². The molecule has 0 saturated carbocycles. The third-order valence-corrected chi connectivity index (χ3v) is 6.59. The Bertz CT molecular complexity index is 1250. The predicted octanol–water partition coefficient (Wildman–Crippen LogP) is 4.59. The molecule has 0 aromatic heterocycles. The van der Waals surface area contributed by atoms with E-state index in [-0.39, 0.29) is 58.3 Å². The van der Waals surface area contributed by atoms with Gasteiger partial charge in [0.25, 0.3) is 23.6 Å². The Morgan fingerprint density at radius 1 is 0.714 bits per heavy atom. The maximum atomic E-state index is 13.6. The lowest BCUT2D eigenvalue weighted by Crippen LogP contribution is -2.44. The summed E-state index contributed by atoms with van der Waals surface area (Å²) in [5, 5.41) is 0.462. The van der Waals surface area contributed by atoms with Gasteiger partial charge in [0.2, 0.25) is 0 Å². The van der Waals surface area contributed by atoms with Crippen LogP contribution in [-0.2, 0) is 4.74 Å². The van der Waals surface area contributed by atoms with E-state index in [9.17, 15) is 24.0 Å². The number of carbonyl (C=O) groups excluding carboxylic acids is 5. The Morgan fingerprint density at radius 3 is 1.80 bits per heavy atom. The first kappa shape index (κ1) is 24.6. The standard InChI is InChI=1S/C27H30N2O6/c1-4-7-12-28-23(30)16-10-11-17-21-20(16)18(25(28)32)15-19(27(34)35-14-9-6-3)22(21)26(33)29(24(17)31)13-8-5-2/h10-11,15H,4-9,12-14H2,1-3H3. The summed E-state index contributed by atoms with van der Waals surface area (Å²) in [4.78, 5) is 69.0. The van der Waals surface area contributed by atoms with Gasteiger partial charge in [-0.25, -0.2) is 4.79 Å². The zero-order valence-corrected chi connectivity index (χ0v) is 20.4. The highest BCUT2D eigenvalue weighted by molar-refractivity contribution is 6.35. The van der Waals surface area contributed by atoms with Crippen LogP contribution in [0.25, 0.3) is 10.8 Å². The summed E-state index contributed by atoms with van der Waals surface area (Å²) in [6.45, 7) is 6.52. The minimum absolute atomic E-state index is 0.0282. The molecule has 8 nitrogen and oxygen atoms in total. The van der Waals surface area contributed by atoms with E-state index in [1.807, 2.05) is 20.8 Å². The first-order valence-electron chi connectivity index (χ1n) is 12.4. The Balaban J connectivity index is 1.98. The average molecular weight is 479 g/mol. The lowest BCUT2D eigenvalue weighted by atomic mass is 9.83. The lowest BCUT2D eigenvalue weighted by molar-refractivity contribution is 0.0486. The van der Waals surface area contributed by atoms with Crippen LogP contribution < -0.4 is 0 Å². The monoisotopic (exact) mass is 478 g/mol. The second kappa shape index (κ2) is 9.98. The second-order valence-corrected chi connectivity index (χ2v) is 8.98. The number of imide groups is 2. The summed E-state index contributed by atoms with van der Waals surface area (Å²) in [5.74, 6) is -2.80.